The van der Waals surface area contributed by atoms with Crippen LogP contribution in [0, 0.1) is 11.6 Å². The average Bonchev–Trinajstić information content (AvgIpc) is 2.84. The van der Waals surface area contributed by atoms with Crippen molar-refractivity contribution in [2.24, 2.45) is 0 Å². The van der Waals surface area contributed by atoms with Gasteiger partial charge in [0.2, 0.25) is 0 Å². The Hall–Kier alpha value is -3.81. The number of halogens is 2. The van der Waals surface area contributed by atoms with Crippen molar-refractivity contribution < 1.29 is 18.4 Å². The summed E-state index contributed by atoms with van der Waals surface area (Å²) in [7, 11) is 0. The van der Waals surface area contributed by atoms with Gasteiger partial charge in [0.1, 0.15) is 17.5 Å². The number of benzene rings is 2. The Labute approximate surface area is 203 Å². The summed E-state index contributed by atoms with van der Waals surface area (Å²) in [6.07, 6.45) is 1.60. The SMILES string of the molecule is CC(C)(C)c1ccc(C(=O)Nc2ccc(N3CCN(C(=O)c4ccc(F)cc4F)CC3)nc2)cc1. The number of pyridine rings is 1. The number of hydrogen-bond acceptors (Lipinski definition) is 4. The minimum atomic E-state index is -0.859. The molecule has 182 valence electrons. The maximum Gasteiger partial charge on any atom is 0.256 e. The molecule has 0 saturated carbocycles. The first-order chi connectivity index (χ1) is 16.6. The van der Waals surface area contributed by atoms with Gasteiger partial charge in [0, 0.05) is 37.8 Å². The van der Waals surface area contributed by atoms with Crippen LogP contribution in [0.5, 0.6) is 0 Å². The van der Waals surface area contributed by atoms with Gasteiger partial charge in [-0.05, 0) is 47.4 Å². The lowest BCUT2D eigenvalue weighted by atomic mass is 9.87. The van der Waals surface area contributed by atoms with Crippen LogP contribution < -0.4 is 10.2 Å². The Morgan fingerprint density at radius 2 is 1.60 bits per heavy atom. The Morgan fingerprint density at radius 3 is 2.17 bits per heavy atom. The third-order valence-corrected chi connectivity index (χ3v) is 6.07. The predicted molar refractivity (Wildman–Crippen MR) is 132 cm³/mol. The number of aromatic nitrogens is 1. The van der Waals surface area contributed by atoms with E-state index in [9.17, 15) is 18.4 Å². The lowest BCUT2D eigenvalue weighted by Gasteiger charge is -2.35. The van der Waals surface area contributed by atoms with Crippen LogP contribution in [-0.2, 0) is 5.41 Å². The van der Waals surface area contributed by atoms with E-state index >= 15 is 0 Å². The highest BCUT2D eigenvalue weighted by atomic mass is 19.1. The van der Waals surface area contributed by atoms with Gasteiger partial charge in [0.05, 0.1) is 17.4 Å². The topological polar surface area (TPSA) is 65.5 Å². The van der Waals surface area contributed by atoms with E-state index in [0.29, 0.717) is 43.5 Å². The standard InChI is InChI=1S/C27H28F2N4O2/c1-27(2,3)19-6-4-18(5-7-19)25(34)31-21-9-11-24(30-17-21)32-12-14-33(15-13-32)26(35)22-10-8-20(28)16-23(22)29/h4-11,16-17H,12-15H2,1-3H3,(H,31,34). The van der Waals surface area contributed by atoms with Crippen LogP contribution in [0.25, 0.3) is 0 Å². The fourth-order valence-electron chi connectivity index (χ4n) is 3.94. The summed E-state index contributed by atoms with van der Waals surface area (Å²) in [4.78, 5) is 33.2. The highest BCUT2D eigenvalue weighted by Gasteiger charge is 2.25. The molecule has 0 radical (unpaired) electrons. The van der Waals surface area contributed by atoms with Crippen LogP contribution in [0.4, 0.5) is 20.3 Å². The lowest BCUT2D eigenvalue weighted by molar-refractivity contribution is 0.0741. The first-order valence-electron chi connectivity index (χ1n) is 11.5. The van der Waals surface area contributed by atoms with Crippen LogP contribution in [0.1, 0.15) is 47.1 Å². The molecule has 6 nitrogen and oxygen atoms in total. The molecule has 3 aromatic rings. The molecule has 4 rings (SSSR count). The van der Waals surface area contributed by atoms with Crippen molar-refractivity contribution in [3.63, 3.8) is 0 Å². The van der Waals surface area contributed by atoms with Gasteiger partial charge in [-0.15, -0.1) is 0 Å². The average molecular weight is 479 g/mol. The number of amides is 2. The summed E-state index contributed by atoms with van der Waals surface area (Å²) >= 11 is 0. The van der Waals surface area contributed by atoms with Gasteiger partial charge in [0.15, 0.2) is 0 Å². The molecular formula is C27H28F2N4O2. The summed E-state index contributed by atoms with van der Waals surface area (Å²) in [5, 5.41) is 2.86. The van der Waals surface area contributed by atoms with E-state index in [1.54, 1.807) is 17.2 Å². The summed E-state index contributed by atoms with van der Waals surface area (Å²) in [6.45, 7) is 8.19. The molecule has 2 amide bonds. The second-order valence-electron chi connectivity index (χ2n) is 9.59. The fraction of sp³-hybridized carbons (Fsp3) is 0.296. The van der Waals surface area contributed by atoms with E-state index in [0.717, 1.165) is 17.4 Å². The van der Waals surface area contributed by atoms with Crippen molar-refractivity contribution in [2.45, 2.75) is 26.2 Å². The minimum Gasteiger partial charge on any atom is -0.353 e. The molecule has 0 bridgehead atoms. The van der Waals surface area contributed by atoms with Crippen LogP contribution in [0.15, 0.2) is 60.8 Å². The second kappa shape index (κ2) is 9.82. The molecule has 1 N–H and O–H groups in total. The van der Waals surface area contributed by atoms with E-state index in [1.807, 2.05) is 35.2 Å². The van der Waals surface area contributed by atoms with E-state index in [1.165, 1.54) is 6.07 Å². The van der Waals surface area contributed by atoms with Crippen LogP contribution in [-0.4, -0.2) is 47.9 Å². The number of piperazine rings is 1. The summed E-state index contributed by atoms with van der Waals surface area (Å²) < 4.78 is 27.1. The van der Waals surface area contributed by atoms with Crippen LogP contribution >= 0.6 is 0 Å². The quantitative estimate of drug-likeness (QED) is 0.581. The van der Waals surface area contributed by atoms with Crippen LogP contribution in [0.3, 0.4) is 0 Å². The third-order valence-electron chi connectivity index (χ3n) is 6.07. The van der Waals surface area contributed by atoms with Gasteiger partial charge in [-0.1, -0.05) is 32.9 Å². The Morgan fingerprint density at radius 1 is 0.914 bits per heavy atom. The molecular weight excluding hydrogens is 450 g/mol. The van der Waals surface area contributed by atoms with Crippen molar-refractivity contribution in [3.8, 4) is 0 Å². The highest BCUT2D eigenvalue weighted by Crippen LogP contribution is 2.23. The van der Waals surface area contributed by atoms with Gasteiger partial charge in [-0.2, -0.15) is 0 Å². The number of carbonyl (C=O) groups is 2. The first kappa shape index (κ1) is 24.3. The van der Waals surface area contributed by atoms with E-state index < -0.39 is 17.5 Å². The lowest BCUT2D eigenvalue weighted by Crippen LogP contribution is -2.49. The molecule has 1 fully saturated rings. The Balaban J connectivity index is 1.33. The maximum absolute atomic E-state index is 14.0. The van der Waals surface area contributed by atoms with E-state index in [2.05, 4.69) is 31.1 Å². The molecule has 2 heterocycles. The summed E-state index contributed by atoms with van der Waals surface area (Å²) in [5.41, 5.74) is 2.19. The van der Waals surface area contributed by atoms with Gasteiger partial charge in [0.25, 0.3) is 11.8 Å². The van der Waals surface area contributed by atoms with Gasteiger partial charge in [-0.3, -0.25) is 9.59 Å². The molecule has 0 atom stereocenters. The number of rotatable bonds is 4. The predicted octanol–water partition coefficient (Wildman–Crippen LogP) is 4.87. The molecule has 1 aliphatic rings. The van der Waals surface area contributed by atoms with Gasteiger partial charge < -0.3 is 15.1 Å². The molecule has 0 spiro atoms. The Kier molecular flexibility index (Phi) is 6.82. The van der Waals surface area contributed by atoms with Crippen molar-refractivity contribution >= 4 is 23.3 Å². The zero-order valence-corrected chi connectivity index (χ0v) is 20.0. The number of anilines is 2. The molecule has 0 unspecified atom stereocenters. The maximum atomic E-state index is 14.0. The monoisotopic (exact) mass is 478 g/mol. The van der Waals surface area contributed by atoms with Gasteiger partial charge in [-0.25, -0.2) is 13.8 Å². The molecule has 1 aromatic heterocycles. The fourth-order valence-corrected chi connectivity index (χ4v) is 3.94. The largest absolute Gasteiger partial charge is 0.353 e. The number of hydrogen-bond donors (Lipinski definition) is 1. The Bertz CT molecular complexity index is 1210. The summed E-state index contributed by atoms with van der Waals surface area (Å²) in [6, 6.07) is 14.1. The molecule has 1 saturated heterocycles. The molecule has 2 aromatic carbocycles. The van der Waals surface area contributed by atoms with Crippen molar-refractivity contribution in [2.75, 3.05) is 36.4 Å². The smallest absolute Gasteiger partial charge is 0.256 e. The zero-order chi connectivity index (χ0) is 25.2. The third kappa shape index (κ3) is 5.65. The molecule has 35 heavy (non-hydrogen) atoms. The number of carbonyl (C=O) groups excluding carboxylic acids is 2. The minimum absolute atomic E-state index is 0.0185. The van der Waals surface area contributed by atoms with E-state index in [-0.39, 0.29) is 16.9 Å². The second-order valence-corrected chi connectivity index (χ2v) is 9.59. The van der Waals surface area contributed by atoms with Crippen molar-refractivity contribution in [1.82, 2.24) is 9.88 Å². The van der Waals surface area contributed by atoms with Crippen molar-refractivity contribution in [3.05, 3.63) is 89.1 Å². The zero-order valence-electron chi connectivity index (χ0n) is 20.0. The first-order valence-corrected chi connectivity index (χ1v) is 11.5. The summed E-state index contributed by atoms with van der Waals surface area (Å²) in [5.74, 6) is -1.52. The normalized spacial score (nSPS) is 14.1. The highest BCUT2D eigenvalue weighted by molar-refractivity contribution is 6.04. The van der Waals surface area contributed by atoms with Gasteiger partial charge >= 0.3 is 0 Å². The molecule has 0 aliphatic carbocycles. The molecule has 8 heteroatoms. The molecule has 1 aliphatic heterocycles. The van der Waals surface area contributed by atoms with E-state index in [4.69, 9.17) is 0 Å². The number of nitrogens with zero attached hydrogens (tertiary/aromatic N) is 3. The number of nitrogens with one attached hydrogen (secondary N) is 1. The van der Waals surface area contributed by atoms with Crippen molar-refractivity contribution in [1.29, 1.82) is 0 Å². The van der Waals surface area contributed by atoms with Crippen LogP contribution in [0.2, 0.25) is 0 Å².